The van der Waals surface area contributed by atoms with Crippen molar-refractivity contribution in [3.8, 4) is 6.07 Å². The highest BCUT2D eigenvalue weighted by atomic mass is 19.1. The van der Waals surface area contributed by atoms with E-state index in [4.69, 9.17) is 0 Å². The van der Waals surface area contributed by atoms with Gasteiger partial charge in [0.1, 0.15) is 11.9 Å². The normalized spacial score (nSPS) is 10.8. The number of nitrogens with one attached hydrogen (secondary N) is 1. The molecule has 0 radical (unpaired) electrons. The fourth-order valence-corrected chi connectivity index (χ4v) is 3.26. The number of fused-ring (bicyclic) bond motifs is 1. The Kier molecular flexibility index (Phi) is 4.73. The zero-order valence-electron chi connectivity index (χ0n) is 15.4. The minimum atomic E-state index is -0.347. The molecule has 4 aromatic rings. The van der Waals surface area contributed by atoms with Gasteiger partial charge in [0.2, 0.25) is 0 Å². The molecular weight excluding hydrogens is 353 g/mol. The van der Waals surface area contributed by atoms with Crippen LogP contribution in [0.4, 0.5) is 10.1 Å². The van der Waals surface area contributed by atoms with Gasteiger partial charge in [0.15, 0.2) is 0 Å². The molecule has 2 heterocycles. The van der Waals surface area contributed by atoms with E-state index >= 15 is 0 Å². The third-order valence-corrected chi connectivity index (χ3v) is 4.59. The minimum Gasteiger partial charge on any atom is -0.379 e. The van der Waals surface area contributed by atoms with Crippen molar-refractivity contribution in [1.82, 2.24) is 14.8 Å². The van der Waals surface area contributed by atoms with Crippen LogP contribution in [-0.4, -0.2) is 14.8 Å². The SMILES string of the molecule is Cc1cc(F)cc2c(NCc3cnn(Cc4ccccc4)c3)c(C#N)cnc12. The third kappa shape index (κ3) is 3.55. The molecule has 4 rings (SSSR count). The summed E-state index contributed by atoms with van der Waals surface area (Å²) in [6.45, 7) is 2.97. The molecule has 2 aromatic heterocycles. The summed E-state index contributed by atoms with van der Waals surface area (Å²) < 4.78 is 15.8. The molecule has 1 N–H and O–H groups in total. The average Bonchev–Trinajstić information content (AvgIpc) is 3.14. The summed E-state index contributed by atoms with van der Waals surface area (Å²) in [5.74, 6) is -0.347. The van der Waals surface area contributed by atoms with Gasteiger partial charge in [0.05, 0.1) is 29.5 Å². The predicted molar refractivity (Wildman–Crippen MR) is 106 cm³/mol. The molecule has 28 heavy (non-hydrogen) atoms. The molecule has 0 amide bonds. The number of pyridine rings is 1. The summed E-state index contributed by atoms with van der Waals surface area (Å²) in [6.07, 6.45) is 5.27. The second-order valence-electron chi connectivity index (χ2n) is 6.66. The number of rotatable bonds is 5. The Morgan fingerprint density at radius 2 is 1.96 bits per heavy atom. The Labute approximate surface area is 162 Å². The van der Waals surface area contributed by atoms with Gasteiger partial charge in [-0.3, -0.25) is 9.67 Å². The number of nitriles is 1. The van der Waals surface area contributed by atoms with Crippen LogP contribution in [0.2, 0.25) is 0 Å². The maximum absolute atomic E-state index is 13.9. The van der Waals surface area contributed by atoms with Crippen molar-refractivity contribution >= 4 is 16.6 Å². The van der Waals surface area contributed by atoms with Crippen LogP contribution in [0.3, 0.4) is 0 Å². The van der Waals surface area contributed by atoms with Gasteiger partial charge in [-0.05, 0) is 30.2 Å². The van der Waals surface area contributed by atoms with Gasteiger partial charge >= 0.3 is 0 Å². The van der Waals surface area contributed by atoms with Crippen molar-refractivity contribution in [1.29, 1.82) is 5.26 Å². The highest BCUT2D eigenvalue weighted by molar-refractivity contribution is 5.95. The van der Waals surface area contributed by atoms with Crippen LogP contribution in [0.1, 0.15) is 22.3 Å². The van der Waals surface area contributed by atoms with E-state index in [2.05, 4.69) is 33.6 Å². The minimum absolute atomic E-state index is 0.347. The average molecular weight is 371 g/mol. The standard InChI is InChI=1S/C22H18FN5/c1-15-7-19(23)8-20-21(15)26-12-18(9-24)22(20)25-10-17-11-27-28(14-17)13-16-5-3-2-4-6-16/h2-8,11-12,14H,10,13H2,1H3,(H,25,26). The molecule has 0 bridgehead atoms. The summed E-state index contributed by atoms with van der Waals surface area (Å²) in [7, 11) is 0. The fourth-order valence-electron chi connectivity index (χ4n) is 3.26. The summed E-state index contributed by atoms with van der Waals surface area (Å²) >= 11 is 0. The predicted octanol–water partition coefficient (Wildman–Crippen LogP) is 4.41. The van der Waals surface area contributed by atoms with Crippen LogP contribution in [0.5, 0.6) is 0 Å². The molecule has 0 spiro atoms. The molecule has 0 aliphatic rings. The van der Waals surface area contributed by atoms with E-state index < -0.39 is 0 Å². The van der Waals surface area contributed by atoms with Gasteiger partial charge in [-0.15, -0.1) is 0 Å². The van der Waals surface area contributed by atoms with Crippen LogP contribution in [0.15, 0.2) is 61.1 Å². The number of hydrogen-bond donors (Lipinski definition) is 1. The first-order chi connectivity index (χ1) is 13.6. The van der Waals surface area contributed by atoms with Crippen LogP contribution in [-0.2, 0) is 13.1 Å². The molecule has 0 saturated heterocycles. The summed E-state index contributed by atoms with van der Waals surface area (Å²) in [6, 6.07) is 15.1. The van der Waals surface area contributed by atoms with Crippen molar-refractivity contribution in [2.24, 2.45) is 0 Å². The number of benzene rings is 2. The van der Waals surface area contributed by atoms with E-state index in [9.17, 15) is 9.65 Å². The second kappa shape index (κ2) is 7.49. The maximum atomic E-state index is 13.9. The molecule has 0 aliphatic carbocycles. The number of aromatic nitrogens is 3. The van der Waals surface area contributed by atoms with Crippen LogP contribution in [0.25, 0.3) is 10.9 Å². The lowest BCUT2D eigenvalue weighted by molar-refractivity contribution is 0.628. The van der Waals surface area contributed by atoms with E-state index in [0.29, 0.717) is 35.2 Å². The van der Waals surface area contributed by atoms with Gasteiger partial charge < -0.3 is 5.32 Å². The van der Waals surface area contributed by atoms with Crippen molar-refractivity contribution < 1.29 is 4.39 Å². The molecule has 138 valence electrons. The Hall–Kier alpha value is -3.72. The van der Waals surface area contributed by atoms with Gasteiger partial charge in [0, 0.05) is 29.9 Å². The van der Waals surface area contributed by atoms with E-state index in [-0.39, 0.29) is 5.82 Å². The van der Waals surface area contributed by atoms with Gasteiger partial charge in [-0.2, -0.15) is 10.4 Å². The zero-order chi connectivity index (χ0) is 19.5. The molecule has 6 heteroatoms. The molecule has 0 atom stereocenters. The Bertz CT molecular complexity index is 1170. The first-order valence-electron chi connectivity index (χ1n) is 8.92. The second-order valence-corrected chi connectivity index (χ2v) is 6.66. The number of nitrogens with zero attached hydrogens (tertiary/aromatic N) is 4. The molecule has 0 unspecified atom stereocenters. The van der Waals surface area contributed by atoms with Crippen molar-refractivity contribution in [2.75, 3.05) is 5.32 Å². The summed E-state index contributed by atoms with van der Waals surface area (Å²) in [5.41, 5.74) is 4.53. The number of aryl methyl sites for hydroxylation is 1. The van der Waals surface area contributed by atoms with E-state index in [1.807, 2.05) is 36.0 Å². The lowest BCUT2D eigenvalue weighted by Crippen LogP contribution is -2.03. The van der Waals surface area contributed by atoms with Crippen LogP contribution >= 0.6 is 0 Å². The number of halogens is 1. The lowest BCUT2D eigenvalue weighted by atomic mass is 10.1. The Morgan fingerprint density at radius 1 is 1.14 bits per heavy atom. The summed E-state index contributed by atoms with van der Waals surface area (Å²) in [5, 5.41) is 17.7. The monoisotopic (exact) mass is 371 g/mol. The van der Waals surface area contributed by atoms with Gasteiger partial charge in [-0.25, -0.2) is 4.39 Å². The molecule has 2 aromatic carbocycles. The van der Waals surface area contributed by atoms with Gasteiger partial charge in [0.25, 0.3) is 0 Å². The molecule has 0 aliphatic heterocycles. The van der Waals surface area contributed by atoms with Gasteiger partial charge in [-0.1, -0.05) is 30.3 Å². The lowest BCUT2D eigenvalue weighted by Gasteiger charge is -2.12. The van der Waals surface area contributed by atoms with E-state index in [1.165, 1.54) is 23.9 Å². The molecule has 0 fully saturated rings. The fraction of sp³-hybridized carbons (Fsp3) is 0.136. The quantitative estimate of drug-likeness (QED) is 0.564. The first-order valence-corrected chi connectivity index (χ1v) is 8.92. The topological polar surface area (TPSA) is 66.5 Å². The van der Waals surface area contributed by atoms with E-state index in [0.717, 1.165) is 11.1 Å². The Morgan fingerprint density at radius 3 is 2.75 bits per heavy atom. The summed E-state index contributed by atoms with van der Waals surface area (Å²) in [4.78, 5) is 4.31. The highest BCUT2D eigenvalue weighted by Crippen LogP contribution is 2.29. The Balaban J connectivity index is 1.58. The maximum Gasteiger partial charge on any atom is 0.124 e. The number of anilines is 1. The van der Waals surface area contributed by atoms with Crippen molar-refractivity contribution in [3.05, 3.63) is 89.1 Å². The largest absolute Gasteiger partial charge is 0.379 e. The van der Waals surface area contributed by atoms with Crippen molar-refractivity contribution in [2.45, 2.75) is 20.0 Å². The zero-order valence-corrected chi connectivity index (χ0v) is 15.4. The van der Waals surface area contributed by atoms with Crippen LogP contribution in [0, 0.1) is 24.1 Å². The third-order valence-electron chi connectivity index (χ3n) is 4.59. The van der Waals surface area contributed by atoms with E-state index in [1.54, 1.807) is 6.20 Å². The van der Waals surface area contributed by atoms with Crippen molar-refractivity contribution in [3.63, 3.8) is 0 Å². The highest BCUT2D eigenvalue weighted by Gasteiger charge is 2.12. The molecule has 0 saturated carbocycles. The molecular formula is C22H18FN5. The first kappa shape index (κ1) is 17.7. The molecule has 5 nitrogen and oxygen atoms in total. The number of hydrogen-bond acceptors (Lipinski definition) is 4. The van der Waals surface area contributed by atoms with Crippen LogP contribution < -0.4 is 5.32 Å². The smallest absolute Gasteiger partial charge is 0.124 e.